The zero-order valence-electron chi connectivity index (χ0n) is 34.8. The molecule has 0 aliphatic rings. The van der Waals surface area contributed by atoms with E-state index in [1.807, 2.05) is 102 Å². The number of nitrogens with zero attached hydrogens (tertiary/aromatic N) is 1. The fourth-order valence-electron chi connectivity index (χ4n) is 5.66. The van der Waals surface area contributed by atoms with Gasteiger partial charge in [0.2, 0.25) is 0 Å². The Bertz CT molecular complexity index is 1560. The van der Waals surface area contributed by atoms with Crippen molar-refractivity contribution in [1.82, 2.24) is 15.5 Å². The maximum atomic E-state index is 14.2. The number of esters is 3. The van der Waals surface area contributed by atoms with Crippen LogP contribution in [0.25, 0.3) is 0 Å². The Labute approximate surface area is 332 Å². The molecule has 0 aliphatic carbocycles. The zero-order chi connectivity index (χ0) is 42.0. The number of carbonyl (C=O) groups is 6. The molecule has 3 amide bonds. The SMILES string of the molecule is CC(C)C[C@H](NC(=O)[C@@H](CC(C)C)OC(=O)CCNC(=O)OC(C)(C)C)C(=O)O[C@@H](CC(C)C)C(=O)N(C)[C@@H](Cc1ccccc1)C(=O)OCc1ccccc1. The summed E-state index contributed by atoms with van der Waals surface area (Å²) in [7, 11) is 1.49. The summed E-state index contributed by atoms with van der Waals surface area (Å²) >= 11 is 0. The fraction of sp³-hybridized carbons (Fsp3) is 0.581. The van der Waals surface area contributed by atoms with Gasteiger partial charge in [-0.2, -0.15) is 0 Å². The molecule has 0 spiro atoms. The molecule has 0 saturated heterocycles. The number of nitrogens with one attached hydrogen (secondary N) is 2. The highest BCUT2D eigenvalue weighted by molar-refractivity contribution is 5.91. The quantitative estimate of drug-likeness (QED) is 0.111. The van der Waals surface area contributed by atoms with E-state index >= 15 is 0 Å². The van der Waals surface area contributed by atoms with Gasteiger partial charge in [0.1, 0.15) is 24.3 Å². The van der Waals surface area contributed by atoms with E-state index in [2.05, 4.69) is 10.6 Å². The molecule has 310 valence electrons. The lowest BCUT2D eigenvalue weighted by molar-refractivity contribution is -0.168. The normalized spacial score (nSPS) is 13.6. The van der Waals surface area contributed by atoms with Crippen molar-refractivity contribution in [2.75, 3.05) is 13.6 Å². The van der Waals surface area contributed by atoms with Crippen molar-refractivity contribution in [1.29, 1.82) is 0 Å². The molecule has 0 saturated carbocycles. The van der Waals surface area contributed by atoms with Crippen molar-refractivity contribution < 1.29 is 47.7 Å². The van der Waals surface area contributed by atoms with Crippen molar-refractivity contribution in [3.05, 3.63) is 71.8 Å². The van der Waals surface area contributed by atoms with Crippen LogP contribution in [0.2, 0.25) is 0 Å². The van der Waals surface area contributed by atoms with Gasteiger partial charge in [-0.05, 0) is 68.9 Å². The number of benzene rings is 2. The van der Waals surface area contributed by atoms with E-state index in [4.69, 9.17) is 18.9 Å². The standard InChI is InChI=1S/C43H63N3O10/c1-28(2)23-33(45-38(48)35(24-29(3)4)54-37(47)21-22-44-42(52)56-43(7,8)9)40(50)55-36(25-30(5)6)39(49)46(10)34(26-31-17-13-11-14-18-31)41(51)53-27-32-19-15-12-16-20-32/h11-20,28-30,33-36H,21-27H2,1-10H3,(H,44,52)(H,45,48)/t33-,34-,35+,36-/m0/s1. The summed E-state index contributed by atoms with van der Waals surface area (Å²) in [5.41, 5.74) is 0.888. The first-order valence-electron chi connectivity index (χ1n) is 19.4. The second-order valence-electron chi connectivity index (χ2n) is 16.3. The van der Waals surface area contributed by atoms with Gasteiger partial charge in [-0.15, -0.1) is 0 Å². The average molecular weight is 782 g/mol. The van der Waals surface area contributed by atoms with Gasteiger partial charge < -0.3 is 34.5 Å². The number of ether oxygens (including phenoxy) is 4. The second kappa shape index (κ2) is 23.2. The minimum Gasteiger partial charge on any atom is -0.459 e. The third-order valence-corrected chi connectivity index (χ3v) is 8.36. The molecule has 56 heavy (non-hydrogen) atoms. The summed E-state index contributed by atoms with van der Waals surface area (Å²) in [5, 5.41) is 5.20. The molecule has 2 rings (SSSR count). The summed E-state index contributed by atoms with van der Waals surface area (Å²) in [4.78, 5) is 81.4. The van der Waals surface area contributed by atoms with Crippen molar-refractivity contribution in [3.8, 4) is 0 Å². The van der Waals surface area contributed by atoms with Crippen LogP contribution in [0.15, 0.2) is 60.7 Å². The highest BCUT2D eigenvalue weighted by Crippen LogP contribution is 2.19. The monoisotopic (exact) mass is 781 g/mol. The van der Waals surface area contributed by atoms with E-state index in [9.17, 15) is 28.8 Å². The van der Waals surface area contributed by atoms with Crippen molar-refractivity contribution >= 4 is 35.8 Å². The van der Waals surface area contributed by atoms with Crippen LogP contribution < -0.4 is 10.6 Å². The van der Waals surface area contributed by atoms with E-state index in [-0.39, 0.29) is 63.0 Å². The number of carbonyl (C=O) groups excluding carboxylic acids is 6. The molecular weight excluding hydrogens is 718 g/mol. The number of hydrogen-bond acceptors (Lipinski definition) is 10. The Morgan fingerprint density at radius 1 is 0.696 bits per heavy atom. The first-order chi connectivity index (χ1) is 26.2. The van der Waals surface area contributed by atoms with E-state index in [1.54, 1.807) is 20.8 Å². The third-order valence-electron chi connectivity index (χ3n) is 8.36. The van der Waals surface area contributed by atoms with Gasteiger partial charge >= 0.3 is 24.0 Å². The van der Waals surface area contributed by atoms with Crippen LogP contribution in [0.5, 0.6) is 0 Å². The molecule has 0 radical (unpaired) electrons. The Morgan fingerprint density at radius 3 is 1.77 bits per heavy atom. The van der Waals surface area contributed by atoms with Crippen molar-refractivity contribution in [3.63, 3.8) is 0 Å². The first-order valence-corrected chi connectivity index (χ1v) is 19.4. The van der Waals surface area contributed by atoms with Crippen LogP contribution in [-0.2, 0) is 55.9 Å². The molecule has 0 bridgehead atoms. The third kappa shape index (κ3) is 18.1. The fourth-order valence-corrected chi connectivity index (χ4v) is 5.66. The Kier molecular flexibility index (Phi) is 19.6. The van der Waals surface area contributed by atoms with Crippen LogP contribution in [0.3, 0.4) is 0 Å². The zero-order valence-corrected chi connectivity index (χ0v) is 34.8. The predicted octanol–water partition coefficient (Wildman–Crippen LogP) is 6.16. The topological polar surface area (TPSA) is 167 Å². The molecule has 2 N–H and O–H groups in total. The summed E-state index contributed by atoms with van der Waals surface area (Å²) in [5.74, 6) is -3.66. The molecule has 0 heterocycles. The van der Waals surface area contributed by atoms with Crippen LogP contribution in [0.1, 0.15) is 99.1 Å². The lowest BCUT2D eigenvalue weighted by atomic mass is 10.0. The summed E-state index contributed by atoms with van der Waals surface area (Å²) in [6.07, 6.45) is -2.75. The Balaban J connectivity index is 2.25. The van der Waals surface area contributed by atoms with E-state index in [0.717, 1.165) is 11.1 Å². The lowest BCUT2D eigenvalue weighted by Gasteiger charge is -2.31. The van der Waals surface area contributed by atoms with E-state index in [1.165, 1.54) is 11.9 Å². The highest BCUT2D eigenvalue weighted by Gasteiger charge is 2.37. The van der Waals surface area contributed by atoms with Gasteiger partial charge in [0.05, 0.1) is 6.42 Å². The number of alkyl carbamates (subject to hydrolysis) is 1. The lowest BCUT2D eigenvalue weighted by Crippen LogP contribution is -2.52. The number of rotatable bonds is 21. The van der Waals surface area contributed by atoms with Crippen molar-refractivity contribution in [2.24, 2.45) is 17.8 Å². The Hall–Kier alpha value is -4.94. The molecule has 4 atom stereocenters. The van der Waals surface area contributed by atoms with Gasteiger partial charge in [-0.1, -0.05) is 102 Å². The second-order valence-corrected chi connectivity index (χ2v) is 16.3. The van der Waals surface area contributed by atoms with Crippen LogP contribution in [0.4, 0.5) is 4.79 Å². The molecule has 0 fully saturated rings. The van der Waals surface area contributed by atoms with Gasteiger partial charge in [-0.25, -0.2) is 14.4 Å². The number of hydrogen-bond donors (Lipinski definition) is 2. The smallest absolute Gasteiger partial charge is 0.407 e. The minimum absolute atomic E-state index is 0.0179. The van der Waals surface area contributed by atoms with Gasteiger partial charge in [-0.3, -0.25) is 14.4 Å². The molecule has 13 nitrogen and oxygen atoms in total. The average Bonchev–Trinajstić information content (AvgIpc) is 3.10. The van der Waals surface area contributed by atoms with E-state index < -0.39 is 65.7 Å². The summed E-state index contributed by atoms with van der Waals surface area (Å²) in [6.45, 7) is 16.3. The minimum atomic E-state index is -1.28. The van der Waals surface area contributed by atoms with Crippen molar-refractivity contribution in [2.45, 2.75) is 131 Å². The molecular formula is C43H63N3O10. The maximum absolute atomic E-state index is 14.2. The number of amides is 3. The van der Waals surface area contributed by atoms with Gasteiger partial charge in [0, 0.05) is 20.0 Å². The number of likely N-dealkylation sites (N-methyl/N-ethyl adjacent to an activating group) is 1. The van der Waals surface area contributed by atoms with Crippen LogP contribution >= 0.6 is 0 Å². The molecule has 2 aromatic carbocycles. The highest BCUT2D eigenvalue weighted by atomic mass is 16.6. The maximum Gasteiger partial charge on any atom is 0.407 e. The molecule has 13 heteroatoms. The van der Waals surface area contributed by atoms with Crippen LogP contribution in [-0.4, -0.2) is 84.2 Å². The predicted molar refractivity (Wildman–Crippen MR) is 212 cm³/mol. The Morgan fingerprint density at radius 2 is 1.23 bits per heavy atom. The molecule has 0 aliphatic heterocycles. The molecule has 0 aromatic heterocycles. The largest absolute Gasteiger partial charge is 0.459 e. The summed E-state index contributed by atoms with van der Waals surface area (Å²) in [6, 6.07) is 16.2. The van der Waals surface area contributed by atoms with Crippen LogP contribution in [0, 0.1) is 17.8 Å². The molecule has 0 unspecified atom stereocenters. The first kappa shape index (κ1) is 47.2. The molecule has 2 aromatic rings. The van der Waals surface area contributed by atoms with Gasteiger partial charge in [0.25, 0.3) is 11.8 Å². The summed E-state index contributed by atoms with van der Waals surface area (Å²) < 4.78 is 22.3. The van der Waals surface area contributed by atoms with E-state index in [0.29, 0.717) is 0 Å². The van der Waals surface area contributed by atoms with Gasteiger partial charge in [0.15, 0.2) is 12.2 Å².